The van der Waals surface area contributed by atoms with Crippen molar-refractivity contribution in [3.05, 3.63) is 131 Å². The third kappa shape index (κ3) is 6.69. The van der Waals surface area contributed by atoms with Crippen molar-refractivity contribution in [2.75, 3.05) is 13.2 Å². The van der Waals surface area contributed by atoms with Gasteiger partial charge in [-0.05, 0) is 104 Å². The van der Waals surface area contributed by atoms with Crippen LogP contribution in [0.2, 0.25) is 0 Å². The van der Waals surface area contributed by atoms with Crippen molar-refractivity contribution in [2.24, 2.45) is 0 Å². The number of fused-ring (bicyclic) bond motifs is 1. The molecule has 1 fully saturated rings. The van der Waals surface area contributed by atoms with Crippen LogP contribution in [0.3, 0.4) is 0 Å². The summed E-state index contributed by atoms with van der Waals surface area (Å²) in [5.41, 5.74) is 5.05. The number of phenols is 1. The number of ether oxygens (including phenoxy) is 1. The fourth-order valence-electron chi connectivity index (χ4n) is 6.84. The topological polar surface area (TPSA) is 53.5 Å². The van der Waals surface area contributed by atoms with Gasteiger partial charge in [0.25, 0.3) is 0 Å². The monoisotopic (exact) mass is 564 g/mol. The molecular weight excluding hydrogens is 523 g/mol. The number of aryl methyl sites for hydroxylation is 1. The van der Waals surface area contributed by atoms with Gasteiger partial charge in [-0.15, -0.1) is 0 Å². The third-order valence-corrected chi connectivity index (χ3v) is 8.99. The number of hydrogen-bond acceptors (Lipinski definition) is 4. The molecule has 42 heavy (non-hydrogen) atoms. The highest BCUT2D eigenvalue weighted by molar-refractivity contribution is 5.42. The van der Waals surface area contributed by atoms with E-state index in [-0.39, 0.29) is 17.6 Å². The van der Waals surface area contributed by atoms with Crippen molar-refractivity contribution >= 4 is 0 Å². The third-order valence-electron chi connectivity index (χ3n) is 8.99. The number of benzene rings is 4. The lowest BCUT2D eigenvalue weighted by Crippen LogP contribution is -2.47. The SMILES string of the molecule is Oc1ccc(CC2(Cc3ccc(OCCC4CCCCN4)cc3)NC(c3ccccc3F)CCc3ccccc32)cc1. The molecule has 0 amide bonds. The van der Waals surface area contributed by atoms with Gasteiger partial charge >= 0.3 is 0 Å². The van der Waals surface area contributed by atoms with E-state index in [1.807, 2.05) is 24.3 Å². The zero-order valence-electron chi connectivity index (χ0n) is 24.2. The van der Waals surface area contributed by atoms with E-state index in [9.17, 15) is 5.11 Å². The van der Waals surface area contributed by atoms with Crippen molar-refractivity contribution < 1.29 is 14.2 Å². The van der Waals surface area contributed by atoms with E-state index in [0.717, 1.165) is 43.5 Å². The van der Waals surface area contributed by atoms with E-state index >= 15 is 4.39 Å². The fourth-order valence-corrected chi connectivity index (χ4v) is 6.84. The van der Waals surface area contributed by atoms with Gasteiger partial charge in [-0.3, -0.25) is 5.32 Å². The van der Waals surface area contributed by atoms with E-state index in [1.165, 1.54) is 36.0 Å². The molecule has 3 atom stereocenters. The fraction of sp³-hybridized carbons (Fsp3) is 0.351. The van der Waals surface area contributed by atoms with Crippen molar-refractivity contribution in [3.63, 3.8) is 0 Å². The standard InChI is InChI=1S/C37H41FN2O2/c38-35-11-4-2-9-33(35)36-21-16-29-7-1-3-10-34(29)37(40-36,25-27-12-17-31(41)18-13-27)26-28-14-19-32(20-15-28)42-24-22-30-8-5-6-23-39-30/h1-4,7,9-15,17-20,30,36,39-41H,5-6,8,16,21-26H2. The molecule has 0 bridgehead atoms. The molecule has 3 N–H and O–H groups in total. The van der Waals surface area contributed by atoms with Gasteiger partial charge in [0.15, 0.2) is 0 Å². The van der Waals surface area contributed by atoms with Crippen molar-refractivity contribution in [3.8, 4) is 11.5 Å². The summed E-state index contributed by atoms with van der Waals surface area (Å²) in [6.07, 6.45) is 7.91. The van der Waals surface area contributed by atoms with Crippen LogP contribution in [0.25, 0.3) is 0 Å². The molecule has 218 valence electrons. The van der Waals surface area contributed by atoms with E-state index in [1.54, 1.807) is 24.3 Å². The quantitative estimate of drug-likeness (QED) is 0.198. The van der Waals surface area contributed by atoms with Crippen molar-refractivity contribution in [2.45, 2.75) is 69.0 Å². The first-order valence-electron chi connectivity index (χ1n) is 15.4. The predicted molar refractivity (Wildman–Crippen MR) is 166 cm³/mol. The number of rotatable bonds is 9. The highest BCUT2D eigenvalue weighted by atomic mass is 19.1. The lowest BCUT2D eigenvalue weighted by molar-refractivity contribution is 0.267. The summed E-state index contributed by atoms with van der Waals surface area (Å²) in [7, 11) is 0. The van der Waals surface area contributed by atoms with Crippen molar-refractivity contribution in [1.82, 2.24) is 10.6 Å². The number of hydrogen-bond donors (Lipinski definition) is 3. The Labute approximate surface area is 249 Å². The molecule has 0 aromatic heterocycles. The maximum Gasteiger partial charge on any atom is 0.127 e. The van der Waals surface area contributed by atoms with E-state index in [4.69, 9.17) is 4.74 Å². The summed E-state index contributed by atoms with van der Waals surface area (Å²) < 4.78 is 21.3. The van der Waals surface area contributed by atoms with Crippen LogP contribution in [0.15, 0.2) is 97.1 Å². The molecule has 5 heteroatoms. The molecule has 2 heterocycles. The van der Waals surface area contributed by atoms with E-state index in [2.05, 4.69) is 59.2 Å². The summed E-state index contributed by atoms with van der Waals surface area (Å²) >= 11 is 0. The second-order valence-corrected chi connectivity index (χ2v) is 11.9. The minimum absolute atomic E-state index is 0.147. The molecule has 0 radical (unpaired) electrons. The summed E-state index contributed by atoms with van der Waals surface area (Å²) in [5.74, 6) is 0.964. The Hall–Kier alpha value is -3.67. The Morgan fingerprint density at radius 3 is 2.26 bits per heavy atom. The maximum absolute atomic E-state index is 15.2. The molecule has 2 aliphatic rings. The van der Waals surface area contributed by atoms with Gasteiger partial charge < -0.3 is 15.2 Å². The van der Waals surface area contributed by atoms with Crippen LogP contribution in [0.1, 0.15) is 66.0 Å². The summed E-state index contributed by atoms with van der Waals surface area (Å²) in [6, 6.07) is 32.1. The van der Waals surface area contributed by atoms with Gasteiger partial charge in [0.1, 0.15) is 17.3 Å². The first-order chi connectivity index (χ1) is 20.6. The smallest absolute Gasteiger partial charge is 0.127 e. The Morgan fingerprint density at radius 1 is 0.810 bits per heavy atom. The molecule has 1 saturated heterocycles. The van der Waals surface area contributed by atoms with Crippen LogP contribution in [0.4, 0.5) is 4.39 Å². The van der Waals surface area contributed by atoms with Crippen LogP contribution < -0.4 is 15.4 Å². The lowest BCUT2D eigenvalue weighted by Gasteiger charge is -2.39. The van der Waals surface area contributed by atoms with Crippen LogP contribution in [-0.4, -0.2) is 24.3 Å². The molecule has 2 aliphatic heterocycles. The molecule has 4 nitrogen and oxygen atoms in total. The zero-order valence-corrected chi connectivity index (χ0v) is 24.2. The molecule has 0 spiro atoms. The predicted octanol–water partition coefficient (Wildman–Crippen LogP) is 7.40. The number of nitrogens with one attached hydrogen (secondary N) is 2. The van der Waals surface area contributed by atoms with Gasteiger partial charge in [0.2, 0.25) is 0 Å². The zero-order chi connectivity index (χ0) is 28.8. The highest BCUT2D eigenvalue weighted by Crippen LogP contribution is 2.40. The van der Waals surface area contributed by atoms with E-state index in [0.29, 0.717) is 24.6 Å². The van der Waals surface area contributed by atoms with Gasteiger partial charge in [-0.25, -0.2) is 4.39 Å². The van der Waals surface area contributed by atoms with E-state index < -0.39 is 5.54 Å². The lowest BCUT2D eigenvalue weighted by atomic mass is 9.77. The van der Waals surface area contributed by atoms with Crippen molar-refractivity contribution in [1.29, 1.82) is 0 Å². The average molecular weight is 565 g/mol. The van der Waals surface area contributed by atoms with Gasteiger partial charge in [0.05, 0.1) is 12.1 Å². The Balaban J connectivity index is 1.31. The van der Waals surface area contributed by atoms with Crippen LogP contribution >= 0.6 is 0 Å². The summed E-state index contributed by atoms with van der Waals surface area (Å²) in [6.45, 7) is 1.82. The molecular formula is C37H41FN2O2. The number of aromatic hydroxyl groups is 1. The molecule has 3 unspecified atom stereocenters. The molecule has 6 rings (SSSR count). The second kappa shape index (κ2) is 13.1. The first-order valence-corrected chi connectivity index (χ1v) is 15.4. The first kappa shape index (κ1) is 28.4. The largest absolute Gasteiger partial charge is 0.508 e. The normalized spacial score (nSPS) is 22.2. The summed E-state index contributed by atoms with van der Waals surface area (Å²) in [5, 5.41) is 17.6. The minimum atomic E-state index is -0.494. The number of piperidine rings is 1. The molecule has 4 aromatic carbocycles. The Bertz CT molecular complexity index is 1450. The molecule has 4 aromatic rings. The number of halogens is 1. The minimum Gasteiger partial charge on any atom is -0.508 e. The molecule has 0 saturated carbocycles. The highest BCUT2D eigenvalue weighted by Gasteiger charge is 2.39. The molecule has 0 aliphatic carbocycles. The van der Waals surface area contributed by atoms with Crippen LogP contribution in [0.5, 0.6) is 11.5 Å². The van der Waals surface area contributed by atoms with Crippen LogP contribution in [0, 0.1) is 5.82 Å². The van der Waals surface area contributed by atoms with Crippen LogP contribution in [-0.2, 0) is 24.8 Å². The maximum atomic E-state index is 15.2. The van der Waals surface area contributed by atoms with Gasteiger partial charge in [-0.2, -0.15) is 0 Å². The van der Waals surface area contributed by atoms with Gasteiger partial charge in [0, 0.05) is 17.6 Å². The average Bonchev–Trinajstić information content (AvgIpc) is 3.17. The Morgan fingerprint density at radius 2 is 1.52 bits per heavy atom. The second-order valence-electron chi connectivity index (χ2n) is 11.9. The Kier molecular flexibility index (Phi) is 8.87. The summed E-state index contributed by atoms with van der Waals surface area (Å²) in [4.78, 5) is 0. The number of phenolic OH excluding ortho intramolecular Hbond substituents is 1. The van der Waals surface area contributed by atoms with Gasteiger partial charge in [-0.1, -0.05) is 73.2 Å².